The lowest BCUT2D eigenvalue weighted by Crippen LogP contribution is -2.45. The van der Waals surface area contributed by atoms with E-state index in [1.165, 1.54) is 0 Å². The Morgan fingerprint density at radius 2 is 1.77 bits per heavy atom. The van der Waals surface area contributed by atoms with E-state index in [0.717, 1.165) is 12.5 Å². The van der Waals surface area contributed by atoms with Gasteiger partial charge in [-0.2, -0.15) is 0 Å². The highest BCUT2D eigenvalue weighted by molar-refractivity contribution is 6.60. The van der Waals surface area contributed by atoms with Crippen LogP contribution >= 0.6 is 0 Å². The van der Waals surface area contributed by atoms with Gasteiger partial charge in [-0.05, 0) is 12.3 Å². The van der Waals surface area contributed by atoms with Crippen molar-refractivity contribution in [3.63, 3.8) is 0 Å². The van der Waals surface area contributed by atoms with Gasteiger partial charge in [0.1, 0.15) is 0 Å². The summed E-state index contributed by atoms with van der Waals surface area (Å²) < 4.78 is 15.9. The largest absolute Gasteiger partial charge is 0.501 e. The van der Waals surface area contributed by atoms with Crippen LogP contribution in [0, 0.1) is 5.92 Å². The Bertz CT molecular complexity index is 129. The van der Waals surface area contributed by atoms with Gasteiger partial charge < -0.3 is 19.0 Å². The van der Waals surface area contributed by atoms with Gasteiger partial charge in [-0.3, -0.25) is 0 Å². The summed E-state index contributed by atoms with van der Waals surface area (Å²) in [5, 5.41) is 0. The fourth-order valence-electron chi connectivity index (χ4n) is 1.07. The Labute approximate surface area is 81.7 Å². The molecule has 0 radical (unpaired) electrons. The lowest BCUT2D eigenvalue weighted by molar-refractivity contribution is 0.0993. The molecular formula is C8H21NO3Si. The lowest BCUT2D eigenvalue weighted by atomic mass is 10.2. The summed E-state index contributed by atoms with van der Waals surface area (Å²) in [6.07, 6.45) is 1.04. The quantitative estimate of drug-likeness (QED) is 0.503. The maximum Gasteiger partial charge on any atom is 0.501 e. The van der Waals surface area contributed by atoms with Crippen LogP contribution in [0.3, 0.4) is 0 Å². The van der Waals surface area contributed by atoms with Crippen LogP contribution in [0.25, 0.3) is 0 Å². The summed E-state index contributed by atoms with van der Waals surface area (Å²) >= 11 is 0. The molecule has 0 unspecified atom stereocenters. The van der Waals surface area contributed by atoms with E-state index in [1.807, 2.05) is 0 Å². The molecule has 0 atom stereocenters. The zero-order valence-corrected chi connectivity index (χ0v) is 10.0. The van der Waals surface area contributed by atoms with Crippen molar-refractivity contribution in [2.24, 2.45) is 11.7 Å². The molecule has 0 fully saturated rings. The summed E-state index contributed by atoms with van der Waals surface area (Å²) in [6, 6.07) is 0.828. The van der Waals surface area contributed by atoms with E-state index in [2.05, 4.69) is 13.8 Å². The number of nitrogens with two attached hydrogens (primary N) is 1. The third kappa shape index (κ3) is 4.73. The van der Waals surface area contributed by atoms with Gasteiger partial charge in [-0.15, -0.1) is 0 Å². The van der Waals surface area contributed by atoms with Crippen LogP contribution in [-0.2, 0) is 13.3 Å². The average Bonchev–Trinajstić information content (AvgIpc) is 2.12. The zero-order chi connectivity index (χ0) is 10.3. The van der Waals surface area contributed by atoms with Crippen molar-refractivity contribution in [2.45, 2.75) is 26.3 Å². The van der Waals surface area contributed by atoms with Crippen LogP contribution in [-0.4, -0.2) is 29.8 Å². The van der Waals surface area contributed by atoms with Crippen molar-refractivity contribution in [3.05, 3.63) is 0 Å². The first kappa shape index (κ1) is 13.1. The van der Waals surface area contributed by atoms with Crippen LogP contribution < -0.4 is 5.73 Å². The van der Waals surface area contributed by atoms with E-state index in [-0.39, 0.29) is 6.73 Å². The smallest absolute Gasteiger partial charge is 0.377 e. The normalized spacial score (nSPS) is 12.5. The second-order valence-electron chi connectivity index (χ2n) is 3.33. The Kier molecular flexibility index (Phi) is 6.53. The summed E-state index contributed by atoms with van der Waals surface area (Å²) in [6.45, 7) is 4.48. The van der Waals surface area contributed by atoms with E-state index in [9.17, 15) is 0 Å². The van der Waals surface area contributed by atoms with Crippen molar-refractivity contribution < 1.29 is 13.3 Å². The molecule has 0 aromatic rings. The molecule has 0 aliphatic rings. The first-order valence-electron chi connectivity index (χ1n) is 4.54. The minimum absolute atomic E-state index is 0.159. The maximum absolute atomic E-state index is 5.35. The molecule has 0 rings (SSSR count). The fraction of sp³-hybridized carbons (Fsp3) is 1.00. The molecule has 0 bridgehead atoms. The predicted octanol–water partition coefficient (Wildman–Crippen LogP) is 1.20. The van der Waals surface area contributed by atoms with Crippen LogP contribution in [0.15, 0.2) is 0 Å². The van der Waals surface area contributed by atoms with Gasteiger partial charge in [-0.1, -0.05) is 13.8 Å². The summed E-state index contributed by atoms with van der Waals surface area (Å²) in [4.78, 5) is 0. The van der Waals surface area contributed by atoms with Crippen LogP contribution in [0.5, 0.6) is 0 Å². The minimum atomic E-state index is -2.43. The van der Waals surface area contributed by atoms with E-state index in [4.69, 9.17) is 19.0 Å². The third-order valence-corrected chi connectivity index (χ3v) is 4.70. The molecular weight excluding hydrogens is 186 g/mol. The second kappa shape index (κ2) is 6.50. The van der Waals surface area contributed by atoms with Crippen molar-refractivity contribution in [1.29, 1.82) is 0 Å². The molecule has 0 heterocycles. The number of rotatable bonds is 7. The Morgan fingerprint density at radius 1 is 1.23 bits per heavy atom. The molecule has 5 heteroatoms. The van der Waals surface area contributed by atoms with Crippen LogP contribution in [0.4, 0.5) is 0 Å². The first-order chi connectivity index (χ1) is 6.10. The monoisotopic (exact) mass is 207 g/mol. The van der Waals surface area contributed by atoms with Gasteiger partial charge >= 0.3 is 8.80 Å². The van der Waals surface area contributed by atoms with Gasteiger partial charge in [0.2, 0.25) is 0 Å². The van der Waals surface area contributed by atoms with E-state index < -0.39 is 8.80 Å². The molecule has 0 saturated heterocycles. The fourth-order valence-corrected chi connectivity index (χ4v) is 3.21. The predicted molar refractivity (Wildman–Crippen MR) is 54.2 cm³/mol. The lowest BCUT2D eigenvalue weighted by Gasteiger charge is -2.26. The Hall–Kier alpha value is 0.0569. The van der Waals surface area contributed by atoms with Crippen molar-refractivity contribution >= 4 is 8.80 Å². The molecule has 0 aromatic heterocycles. The van der Waals surface area contributed by atoms with Crippen molar-refractivity contribution in [3.8, 4) is 0 Å². The molecule has 4 nitrogen and oxygen atoms in total. The zero-order valence-electron chi connectivity index (χ0n) is 9.00. The van der Waals surface area contributed by atoms with Gasteiger partial charge in [0, 0.05) is 20.3 Å². The SMILES string of the molecule is CO[Si](CCC(C)C)(OC)OCN. The standard InChI is InChI=1S/C8H21NO3Si/c1-8(2)5-6-13(10-3,11-4)12-7-9/h8H,5-7,9H2,1-4H3. The van der Waals surface area contributed by atoms with Gasteiger partial charge in [0.05, 0.1) is 6.73 Å². The maximum atomic E-state index is 5.35. The van der Waals surface area contributed by atoms with Crippen LogP contribution in [0.1, 0.15) is 20.3 Å². The Balaban J connectivity index is 4.04. The Morgan fingerprint density at radius 3 is 2.08 bits per heavy atom. The molecule has 0 spiro atoms. The van der Waals surface area contributed by atoms with E-state index in [0.29, 0.717) is 5.92 Å². The molecule has 0 aliphatic heterocycles. The van der Waals surface area contributed by atoms with Crippen molar-refractivity contribution in [2.75, 3.05) is 21.0 Å². The second-order valence-corrected chi connectivity index (χ2v) is 6.31. The average molecular weight is 207 g/mol. The molecule has 0 aromatic carbocycles. The third-order valence-electron chi connectivity index (χ3n) is 1.95. The molecule has 2 N–H and O–H groups in total. The summed E-state index contributed by atoms with van der Waals surface area (Å²) in [5.41, 5.74) is 5.32. The number of hydrogen-bond donors (Lipinski definition) is 1. The summed E-state index contributed by atoms with van der Waals surface area (Å²) in [7, 11) is 0.802. The molecule has 13 heavy (non-hydrogen) atoms. The van der Waals surface area contributed by atoms with Gasteiger partial charge in [-0.25, -0.2) is 0 Å². The molecule has 0 amide bonds. The highest BCUT2D eigenvalue weighted by Crippen LogP contribution is 2.18. The van der Waals surface area contributed by atoms with Crippen LogP contribution in [0.2, 0.25) is 6.04 Å². The topological polar surface area (TPSA) is 53.7 Å². The minimum Gasteiger partial charge on any atom is -0.377 e. The first-order valence-corrected chi connectivity index (χ1v) is 6.47. The van der Waals surface area contributed by atoms with E-state index in [1.54, 1.807) is 14.2 Å². The highest BCUT2D eigenvalue weighted by atomic mass is 28.4. The van der Waals surface area contributed by atoms with Gasteiger partial charge in [0.15, 0.2) is 0 Å². The highest BCUT2D eigenvalue weighted by Gasteiger charge is 2.38. The van der Waals surface area contributed by atoms with E-state index >= 15 is 0 Å². The molecule has 80 valence electrons. The molecule has 0 aliphatic carbocycles. The van der Waals surface area contributed by atoms with Gasteiger partial charge in [0.25, 0.3) is 0 Å². The van der Waals surface area contributed by atoms with Crippen molar-refractivity contribution in [1.82, 2.24) is 0 Å². The number of hydrogen-bond acceptors (Lipinski definition) is 4. The summed E-state index contributed by atoms with van der Waals surface area (Å²) in [5.74, 6) is 0.624. The molecule has 0 saturated carbocycles.